The van der Waals surface area contributed by atoms with E-state index in [2.05, 4.69) is 47.8 Å². The van der Waals surface area contributed by atoms with Gasteiger partial charge < -0.3 is 5.32 Å². The molecule has 2 aromatic carbocycles. The lowest BCUT2D eigenvalue weighted by molar-refractivity contribution is 0.308. The number of hydrogen-bond acceptors (Lipinski definition) is 1. The number of hydrogen-bond donors (Lipinski definition) is 1. The van der Waals surface area contributed by atoms with Gasteiger partial charge in [0.25, 0.3) is 0 Å². The van der Waals surface area contributed by atoms with Gasteiger partial charge in [0.15, 0.2) is 0 Å². The number of halogens is 1. The lowest BCUT2D eigenvalue weighted by atomic mass is 9.72. The Kier molecular flexibility index (Phi) is 5.40. The zero-order chi connectivity index (χ0) is 16.0. The molecule has 1 atom stereocenters. The van der Waals surface area contributed by atoms with Crippen molar-refractivity contribution in [2.24, 2.45) is 5.41 Å². The van der Waals surface area contributed by atoms with Crippen LogP contribution in [-0.4, -0.2) is 6.54 Å². The predicted octanol–water partition coefficient (Wildman–Crippen LogP) is 6.11. The maximum absolute atomic E-state index is 5.94. The first-order valence-electron chi connectivity index (χ1n) is 8.47. The van der Waals surface area contributed by atoms with Crippen molar-refractivity contribution in [3.63, 3.8) is 0 Å². The van der Waals surface area contributed by atoms with Gasteiger partial charge in [0, 0.05) is 17.3 Å². The SMILES string of the molecule is Clc1ccc(NCCC2(Cc3ccccc3)C=CCCC2)cc1. The topological polar surface area (TPSA) is 12.0 Å². The van der Waals surface area contributed by atoms with Crippen LogP contribution in [0.1, 0.15) is 31.2 Å². The summed E-state index contributed by atoms with van der Waals surface area (Å²) in [5, 5.41) is 4.32. The number of benzene rings is 2. The molecule has 23 heavy (non-hydrogen) atoms. The van der Waals surface area contributed by atoms with Crippen LogP contribution in [-0.2, 0) is 6.42 Å². The minimum Gasteiger partial charge on any atom is -0.385 e. The molecule has 2 heteroatoms. The van der Waals surface area contributed by atoms with Gasteiger partial charge in [-0.3, -0.25) is 0 Å². The normalized spacial score (nSPS) is 20.4. The van der Waals surface area contributed by atoms with Gasteiger partial charge in [0.1, 0.15) is 0 Å². The summed E-state index contributed by atoms with van der Waals surface area (Å²) in [7, 11) is 0. The summed E-state index contributed by atoms with van der Waals surface area (Å²) < 4.78 is 0. The summed E-state index contributed by atoms with van der Waals surface area (Å²) in [5.74, 6) is 0. The van der Waals surface area contributed by atoms with Gasteiger partial charge in [0.05, 0.1) is 0 Å². The molecule has 1 aliphatic carbocycles. The van der Waals surface area contributed by atoms with Gasteiger partial charge >= 0.3 is 0 Å². The molecule has 1 nitrogen and oxygen atoms in total. The second kappa shape index (κ2) is 7.70. The van der Waals surface area contributed by atoms with E-state index in [1.54, 1.807) is 0 Å². The summed E-state index contributed by atoms with van der Waals surface area (Å²) in [5.41, 5.74) is 2.87. The zero-order valence-corrected chi connectivity index (χ0v) is 14.2. The number of nitrogens with one attached hydrogen (secondary N) is 1. The number of anilines is 1. The molecule has 1 aliphatic rings. The third-order valence-electron chi connectivity index (χ3n) is 4.71. The van der Waals surface area contributed by atoms with E-state index in [9.17, 15) is 0 Å². The van der Waals surface area contributed by atoms with Crippen LogP contribution < -0.4 is 5.32 Å². The predicted molar refractivity (Wildman–Crippen MR) is 100 cm³/mol. The summed E-state index contributed by atoms with van der Waals surface area (Å²) in [6, 6.07) is 18.8. The molecule has 0 radical (unpaired) electrons. The fourth-order valence-electron chi connectivity index (χ4n) is 3.46. The Balaban J connectivity index is 1.63. The molecular formula is C21H24ClN. The second-order valence-corrected chi connectivity index (χ2v) is 6.94. The third-order valence-corrected chi connectivity index (χ3v) is 4.96. The van der Waals surface area contributed by atoms with Gasteiger partial charge in [-0.2, -0.15) is 0 Å². The third kappa shape index (κ3) is 4.62. The van der Waals surface area contributed by atoms with Crippen LogP contribution in [0.5, 0.6) is 0 Å². The van der Waals surface area contributed by atoms with Crippen molar-refractivity contribution in [2.45, 2.75) is 32.1 Å². The van der Waals surface area contributed by atoms with Crippen LogP contribution in [0.15, 0.2) is 66.7 Å². The maximum atomic E-state index is 5.94. The van der Waals surface area contributed by atoms with E-state index in [0.717, 1.165) is 30.1 Å². The van der Waals surface area contributed by atoms with Gasteiger partial charge in [0.2, 0.25) is 0 Å². The monoisotopic (exact) mass is 325 g/mol. The Bertz CT molecular complexity index is 633. The largest absolute Gasteiger partial charge is 0.385 e. The summed E-state index contributed by atoms with van der Waals surface area (Å²) in [6.45, 7) is 0.985. The Morgan fingerprint density at radius 3 is 2.48 bits per heavy atom. The highest BCUT2D eigenvalue weighted by molar-refractivity contribution is 6.30. The molecule has 0 saturated carbocycles. The van der Waals surface area contributed by atoms with Crippen LogP contribution in [0.4, 0.5) is 5.69 Å². The molecule has 1 N–H and O–H groups in total. The van der Waals surface area contributed by atoms with Gasteiger partial charge in [-0.25, -0.2) is 0 Å². The lowest BCUT2D eigenvalue weighted by Gasteiger charge is -2.34. The van der Waals surface area contributed by atoms with E-state index in [-0.39, 0.29) is 0 Å². The Hall–Kier alpha value is -1.73. The molecule has 0 spiro atoms. The van der Waals surface area contributed by atoms with Crippen LogP contribution in [0, 0.1) is 5.41 Å². The molecule has 0 heterocycles. The molecule has 0 saturated heterocycles. The van der Waals surface area contributed by atoms with Gasteiger partial charge in [-0.15, -0.1) is 0 Å². The fraction of sp³-hybridized carbons (Fsp3) is 0.333. The van der Waals surface area contributed by atoms with Crippen LogP contribution in [0.2, 0.25) is 5.02 Å². The van der Waals surface area contributed by atoms with Crippen LogP contribution in [0.3, 0.4) is 0 Å². The fourth-order valence-corrected chi connectivity index (χ4v) is 3.58. The van der Waals surface area contributed by atoms with Crippen molar-refractivity contribution in [3.05, 3.63) is 77.3 Å². The van der Waals surface area contributed by atoms with Gasteiger partial charge in [-0.05, 0) is 67.3 Å². The quantitative estimate of drug-likeness (QED) is 0.632. The average molecular weight is 326 g/mol. The van der Waals surface area contributed by atoms with E-state index >= 15 is 0 Å². The molecular weight excluding hydrogens is 302 g/mol. The second-order valence-electron chi connectivity index (χ2n) is 6.50. The van der Waals surface area contributed by atoms with Crippen LogP contribution >= 0.6 is 11.6 Å². The van der Waals surface area contributed by atoms with E-state index in [1.807, 2.05) is 24.3 Å². The van der Waals surface area contributed by atoms with Crippen molar-refractivity contribution in [3.8, 4) is 0 Å². The molecule has 120 valence electrons. The van der Waals surface area contributed by atoms with Crippen molar-refractivity contribution in [1.82, 2.24) is 0 Å². The highest BCUT2D eigenvalue weighted by Crippen LogP contribution is 2.38. The maximum Gasteiger partial charge on any atom is 0.0407 e. The zero-order valence-electron chi connectivity index (χ0n) is 13.5. The highest BCUT2D eigenvalue weighted by atomic mass is 35.5. The Morgan fingerprint density at radius 1 is 1.00 bits per heavy atom. The highest BCUT2D eigenvalue weighted by Gasteiger charge is 2.28. The van der Waals surface area contributed by atoms with E-state index < -0.39 is 0 Å². The molecule has 2 aromatic rings. The molecule has 3 rings (SSSR count). The van der Waals surface area contributed by atoms with Crippen LogP contribution in [0.25, 0.3) is 0 Å². The van der Waals surface area contributed by atoms with Crippen molar-refractivity contribution >= 4 is 17.3 Å². The van der Waals surface area contributed by atoms with E-state index in [4.69, 9.17) is 11.6 Å². The summed E-state index contributed by atoms with van der Waals surface area (Å²) >= 11 is 5.94. The minimum absolute atomic E-state index is 0.291. The van der Waals surface area contributed by atoms with Crippen molar-refractivity contribution < 1.29 is 0 Å². The smallest absolute Gasteiger partial charge is 0.0407 e. The standard InChI is InChI=1S/C21H24ClN/c22-19-9-11-20(12-10-19)23-16-15-21(13-5-2-6-14-21)17-18-7-3-1-4-8-18/h1,3-5,7-13,23H,2,6,14-17H2. The van der Waals surface area contributed by atoms with E-state index in [0.29, 0.717) is 5.41 Å². The minimum atomic E-state index is 0.291. The number of allylic oxidation sites excluding steroid dienone is 2. The Labute approximate surface area is 144 Å². The first-order chi connectivity index (χ1) is 11.3. The molecule has 1 unspecified atom stereocenters. The van der Waals surface area contributed by atoms with Gasteiger partial charge in [-0.1, -0.05) is 54.1 Å². The summed E-state index contributed by atoms with van der Waals surface area (Å²) in [6.07, 6.45) is 10.9. The van der Waals surface area contributed by atoms with Crippen molar-refractivity contribution in [1.29, 1.82) is 0 Å². The first kappa shape index (κ1) is 16.1. The Morgan fingerprint density at radius 2 is 1.78 bits per heavy atom. The number of rotatable bonds is 6. The molecule has 0 aromatic heterocycles. The first-order valence-corrected chi connectivity index (χ1v) is 8.85. The summed E-state index contributed by atoms with van der Waals surface area (Å²) in [4.78, 5) is 0. The molecule has 0 aliphatic heterocycles. The average Bonchev–Trinajstić information content (AvgIpc) is 2.58. The van der Waals surface area contributed by atoms with Crippen molar-refractivity contribution in [2.75, 3.05) is 11.9 Å². The molecule has 0 fully saturated rings. The molecule has 0 amide bonds. The lowest BCUT2D eigenvalue weighted by Crippen LogP contribution is -2.26. The molecule has 0 bridgehead atoms. The van der Waals surface area contributed by atoms with E-state index in [1.165, 1.54) is 24.8 Å².